The van der Waals surface area contributed by atoms with Crippen molar-refractivity contribution in [3.63, 3.8) is 0 Å². The van der Waals surface area contributed by atoms with Crippen molar-refractivity contribution in [1.29, 1.82) is 0 Å². The summed E-state index contributed by atoms with van der Waals surface area (Å²) < 4.78 is 38.8. The molecule has 2 aromatic rings. The summed E-state index contributed by atoms with van der Waals surface area (Å²) in [7, 11) is 0. The summed E-state index contributed by atoms with van der Waals surface area (Å²) >= 11 is 3.39. The van der Waals surface area contributed by atoms with E-state index in [1.165, 1.54) is 12.1 Å². The summed E-state index contributed by atoms with van der Waals surface area (Å²) in [6, 6.07) is 12.0. The van der Waals surface area contributed by atoms with Crippen LogP contribution >= 0.6 is 15.9 Å². The van der Waals surface area contributed by atoms with Gasteiger partial charge in [0.1, 0.15) is 0 Å². The monoisotopic (exact) mass is 413 g/mol. The van der Waals surface area contributed by atoms with E-state index in [0.29, 0.717) is 5.71 Å². The van der Waals surface area contributed by atoms with E-state index in [-0.39, 0.29) is 12.2 Å². The Morgan fingerprint density at radius 3 is 2.56 bits per heavy atom. The molecule has 8 heteroatoms. The Balaban J connectivity index is 1.93. The van der Waals surface area contributed by atoms with Crippen LogP contribution in [0.5, 0.6) is 0 Å². The number of benzene rings is 2. The zero-order valence-electron chi connectivity index (χ0n) is 13.2. The third-order valence-electron chi connectivity index (χ3n) is 3.25. The van der Waals surface area contributed by atoms with Crippen LogP contribution in [0.15, 0.2) is 58.1 Å². The van der Waals surface area contributed by atoms with E-state index in [2.05, 4.69) is 31.8 Å². The first kappa shape index (κ1) is 19.0. The molecule has 4 nitrogen and oxygen atoms in total. The van der Waals surface area contributed by atoms with Crippen molar-refractivity contribution in [2.24, 2.45) is 5.10 Å². The average molecular weight is 414 g/mol. The standard InChI is InChI=1S/C17H15BrF3N3O/c1-11(14-7-2-3-8-15(14)18)23-24-16(25)10-22-13-6-4-5-12(9-13)17(19,20)21/h2-9,22H,10H2,1H3,(H,24,25)/b23-11-. The second-order valence-electron chi connectivity index (χ2n) is 5.14. The van der Waals surface area contributed by atoms with E-state index in [9.17, 15) is 18.0 Å². The Hall–Kier alpha value is -2.35. The number of carbonyl (C=O) groups is 1. The van der Waals surface area contributed by atoms with Crippen LogP contribution in [-0.2, 0) is 11.0 Å². The summed E-state index contributed by atoms with van der Waals surface area (Å²) in [5.74, 6) is -0.469. The van der Waals surface area contributed by atoms with Gasteiger partial charge < -0.3 is 5.32 Å². The van der Waals surface area contributed by atoms with Crippen LogP contribution < -0.4 is 10.7 Å². The molecule has 2 N–H and O–H groups in total. The quantitative estimate of drug-likeness (QED) is 0.562. The Kier molecular flexibility index (Phi) is 6.19. The van der Waals surface area contributed by atoms with Crippen molar-refractivity contribution in [2.45, 2.75) is 13.1 Å². The SMILES string of the molecule is C/C(=N/NC(=O)CNc1cccc(C(F)(F)F)c1)c1ccccc1Br. The van der Waals surface area contributed by atoms with Gasteiger partial charge >= 0.3 is 6.18 Å². The maximum Gasteiger partial charge on any atom is 0.416 e. The van der Waals surface area contributed by atoms with Crippen LogP contribution in [0, 0.1) is 0 Å². The van der Waals surface area contributed by atoms with E-state index in [1.807, 2.05) is 24.3 Å². The van der Waals surface area contributed by atoms with Gasteiger partial charge in [0.05, 0.1) is 17.8 Å². The molecule has 2 aromatic carbocycles. The third kappa shape index (κ3) is 5.60. The summed E-state index contributed by atoms with van der Waals surface area (Å²) in [6.07, 6.45) is -4.43. The summed E-state index contributed by atoms with van der Waals surface area (Å²) in [5.41, 5.74) is 3.22. The highest BCUT2D eigenvalue weighted by molar-refractivity contribution is 9.10. The molecule has 0 bridgehead atoms. The Labute approximate surface area is 151 Å². The van der Waals surface area contributed by atoms with Gasteiger partial charge in [0, 0.05) is 15.7 Å². The number of amides is 1. The van der Waals surface area contributed by atoms with Crippen molar-refractivity contribution in [3.8, 4) is 0 Å². The van der Waals surface area contributed by atoms with E-state index in [4.69, 9.17) is 0 Å². The van der Waals surface area contributed by atoms with Crippen molar-refractivity contribution in [2.75, 3.05) is 11.9 Å². The van der Waals surface area contributed by atoms with Gasteiger partial charge in [0.25, 0.3) is 5.91 Å². The maximum atomic E-state index is 12.6. The molecule has 0 aliphatic heterocycles. The first-order valence-corrected chi connectivity index (χ1v) is 8.06. The molecule has 0 radical (unpaired) electrons. The molecule has 0 saturated heterocycles. The van der Waals surface area contributed by atoms with Crippen molar-refractivity contribution in [1.82, 2.24) is 5.43 Å². The fourth-order valence-corrected chi connectivity index (χ4v) is 2.56. The van der Waals surface area contributed by atoms with E-state index >= 15 is 0 Å². The molecule has 1 amide bonds. The summed E-state index contributed by atoms with van der Waals surface area (Å²) in [5, 5.41) is 6.63. The highest BCUT2D eigenvalue weighted by atomic mass is 79.9. The van der Waals surface area contributed by atoms with Crippen LogP contribution in [0.2, 0.25) is 0 Å². The molecule has 0 spiro atoms. The number of hydrazone groups is 1. The van der Waals surface area contributed by atoms with Crippen LogP contribution in [0.4, 0.5) is 18.9 Å². The van der Waals surface area contributed by atoms with Gasteiger partial charge in [-0.2, -0.15) is 18.3 Å². The second kappa shape index (κ2) is 8.15. The molecule has 0 saturated carbocycles. The van der Waals surface area contributed by atoms with Crippen LogP contribution in [0.1, 0.15) is 18.1 Å². The first-order chi connectivity index (χ1) is 11.8. The van der Waals surface area contributed by atoms with E-state index in [0.717, 1.165) is 22.2 Å². The molecule has 0 aromatic heterocycles. The molecule has 0 atom stereocenters. The maximum absolute atomic E-state index is 12.6. The number of nitrogens with one attached hydrogen (secondary N) is 2. The molecule has 0 heterocycles. The lowest BCUT2D eigenvalue weighted by Gasteiger charge is -2.10. The zero-order valence-corrected chi connectivity index (χ0v) is 14.8. The van der Waals surface area contributed by atoms with E-state index in [1.54, 1.807) is 6.92 Å². The number of carbonyl (C=O) groups excluding carboxylic acids is 1. The fraction of sp³-hybridized carbons (Fsp3) is 0.176. The molecule has 0 aliphatic carbocycles. The van der Waals surface area contributed by atoms with Crippen LogP contribution in [0.25, 0.3) is 0 Å². The lowest BCUT2D eigenvalue weighted by molar-refractivity contribution is -0.137. The smallest absolute Gasteiger partial charge is 0.376 e. The predicted octanol–water partition coefficient (Wildman–Crippen LogP) is 4.42. The van der Waals surface area contributed by atoms with Crippen LogP contribution in [0.3, 0.4) is 0 Å². The Bertz CT molecular complexity index is 791. The number of halogens is 4. The molecule has 0 unspecified atom stereocenters. The Morgan fingerprint density at radius 2 is 1.88 bits per heavy atom. The highest BCUT2D eigenvalue weighted by Gasteiger charge is 2.30. The van der Waals surface area contributed by atoms with Gasteiger partial charge in [-0.1, -0.05) is 40.2 Å². The number of alkyl halides is 3. The van der Waals surface area contributed by atoms with Crippen LogP contribution in [-0.4, -0.2) is 18.2 Å². The number of hydrogen-bond acceptors (Lipinski definition) is 3. The minimum Gasteiger partial charge on any atom is -0.376 e. The normalized spacial score (nSPS) is 12.0. The molecule has 25 heavy (non-hydrogen) atoms. The third-order valence-corrected chi connectivity index (χ3v) is 3.95. The highest BCUT2D eigenvalue weighted by Crippen LogP contribution is 2.30. The van der Waals surface area contributed by atoms with Gasteiger partial charge in [-0.05, 0) is 31.2 Å². The van der Waals surface area contributed by atoms with Gasteiger partial charge in [-0.15, -0.1) is 0 Å². The topological polar surface area (TPSA) is 53.5 Å². The van der Waals surface area contributed by atoms with Crippen molar-refractivity contribution >= 4 is 33.2 Å². The minimum absolute atomic E-state index is 0.200. The largest absolute Gasteiger partial charge is 0.416 e. The molecule has 0 aliphatic rings. The molecular formula is C17H15BrF3N3O. The minimum atomic E-state index is -4.43. The summed E-state index contributed by atoms with van der Waals surface area (Å²) in [4.78, 5) is 11.8. The van der Waals surface area contributed by atoms with Gasteiger partial charge in [0.15, 0.2) is 0 Å². The predicted molar refractivity (Wildman–Crippen MR) is 94.4 cm³/mol. The van der Waals surface area contributed by atoms with Crippen molar-refractivity contribution < 1.29 is 18.0 Å². The first-order valence-electron chi connectivity index (χ1n) is 7.26. The van der Waals surface area contributed by atoms with Gasteiger partial charge in [0.2, 0.25) is 0 Å². The van der Waals surface area contributed by atoms with Gasteiger partial charge in [-0.3, -0.25) is 4.79 Å². The fourth-order valence-electron chi connectivity index (χ4n) is 1.99. The zero-order chi connectivity index (χ0) is 18.4. The second-order valence-corrected chi connectivity index (χ2v) is 6.00. The Morgan fingerprint density at radius 1 is 1.16 bits per heavy atom. The van der Waals surface area contributed by atoms with Gasteiger partial charge in [-0.25, -0.2) is 5.43 Å². The summed E-state index contributed by atoms with van der Waals surface area (Å²) in [6.45, 7) is 1.54. The number of hydrogen-bond donors (Lipinski definition) is 2. The molecule has 0 fully saturated rings. The van der Waals surface area contributed by atoms with E-state index < -0.39 is 17.6 Å². The number of nitrogens with zero attached hydrogens (tertiary/aromatic N) is 1. The number of rotatable bonds is 5. The lowest BCUT2D eigenvalue weighted by atomic mass is 10.1. The molecule has 2 rings (SSSR count). The molecule has 132 valence electrons. The van der Waals surface area contributed by atoms with Crippen molar-refractivity contribution in [3.05, 3.63) is 64.1 Å². The molecular weight excluding hydrogens is 399 g/mol. The number of anilines is 1. The lowest BCUT2D eigenvalue weighted by Crippen LogP contribution is -2.26. The average Bonchev–Trinajstić information content (AvgIpc) is 2.58.